The summed E-state index contributed by atoms with van der Waals surface area (Å²) >= 11 is 0. The zero-order chi connectivity index (χ0) is 21.4. The molecule has 31 heavy (non-hydrogen) atoms. The maximum Gasteiger partial charge on any atom is 0.231 e. The summed E-state index contributed by atoms with van der Waals surface area (Å²) in [7, 11) is 0. The van der Waals surface area contributed by atoms with E-state index in [9.17, 15) is 9.90 Å². The molecule has 3 aliphatic rings. The van der Waals surface area contributed by atoms with Crippen molar-refractivity contribution >= 4 is 11.9 Å². The van der Waals surface area contributed by atoms with Crippen molar-refractivity contribution in [1.82, 2.24) is 4.90 Å². The molecule has 2 aromatic rings. The van der Waals surface area contributed by atoms with Gasteiger partial charge in [0.1, 0.15) is 12.3 Å². The summed E-state index contributed by atoms with van der Waals surface area (Å²) in [5.74, 6) is 1.55. The van der Waals surface area contributed by atoms with E-state index in [4.69, 9.17) is 19.3 Å². The normalized spacial score (nSPS) is 19.6. The molecule has 5 rings (SSSR count). The molecule has 0 spiro atoms. The quantitative estimate of drug-likeness (QED) is 0.642. The van der Waals surface area contributed by atoms with E-state index in [-0.39, 0.29) is 30.7 Å². The van der Waals surface area contributed by atoms with E-state index in [2.05, 4.69) is 4.90 Å². The molecule has 0 atom stereocenters. The van der Waals surface area contributed by atoms with Crippen LogP contribution in [0.25, 0.3) is 6.08 Å². The van der Waals surface area contributed by atoms with Gasteiger partial charge in [-0.05, 0) is 29.8 Å². The van der Waals surface area contributed by atoms with Crippen LogP contribution in [-0.2, 0) is 6.54 Å². The number of hydrogen-bond acceptors (Lipinski definition) is 7. The lowest BCUT2D eigenvalue weighted by Crippen LogP contribution is -3.13. The summed E-state index contributed by atoms with van der Waals surface area (Å²) in [5, 5.41) is 21.7. The lowest BCUT2D eigenvalue weighted by Gasteiger charge is -2.32. The molecule has 0 bridgehead atoms. The van der Waals surface area contributed by atoms with Crippen molar-refractivity contribution in [2.45, 2.75) is 6.54 Å². The van der Waals surface area contributed by atoms with Crippen molar-refractivity contribution in [3.05, 3.63) is 52.8 Å². The molecule has 162 valence electrons. The van der Waals surface area contributed by atoms with Crippen LogP contribution >= 0.6 is 0 Å². The van der Waals surface area contributed by atoms with Crippen LogP contribution < -0.4 is 24.2 Å². The van der Waals surface area contributed by atoms with Crippen molar-refractivity contribution in [3.63, 3.8) is 0 Å². The number of Topliss-reactive ketones (excluding diaryl/α,β-unsaturated/α-hetero) is 1. The number of carbonyl (C=O) groups excluding carboxylic acids is 1. The van der Waals surface area contributed by atoms with Crippen LogP contribution in [-0.4, -0.2) is 61.9 Å². The predicted octanol–water partition coefficient (Wildman–Crippen LogP) is -0.202. The van der Waals surface area contributed by atoms with Crippen molar-refractivity contribution in [2.75, 3.05) is 46.1 Å². The smallest absolute Gasteiger partial charge is 0.231 e. The Hall–Kier alpha value is -3.07. The second-order valence-corrected chi connectivity index (χ2v) is 7.96. The number of allylic oxidation sites excluding steroid dienone is 1. The Morgan fingerprint density at radius 2 is 1.94 bits per heavy atom. The SMILES string of the molecule is O=C1/C(=C/c2ccc3c(c2)OCO3)Oc2c1ccc([O-])c2C[NH+]1CCN(CCO)CC1. The molecule has 8 nitrogen and oxygen atoms in total. The lowest BCUT2D eigenvalue weighted by molar-refractivity contribution is -0.918. The molecule has 0 aromatic heterocycles. The van der Waals surface area contributed by atoms with E-state index in [1.807, 2.05) is 6.07 Å². The second-order valence-electron chi connectivity index (χ2n) is 7.96. The van der Waals surface area contributed by atoms with Gasteiger partial charge >= 0.3 is 0 Å². The van der Waals surface area contributed by atoms with Gasteiger partial charge in [-0.1, -0.05) is 17.9 Å². The van der Waals surface area contributed by atoms with Crippen LogP contribution in [0, 0.1) is 0 Å². The topological polar surface area (TPSA) is 95.7 Å². The fraction of sp³-hybridized carbons (Fsp3) is 0.348. The third-order valence-electron chi connectivity index (χ3n) is 6.00. The maximum absolute atomic E-state index is 12.9. The molecule has 0 amide bonds. The van der Waals surface area contributed by atoms with Crippen LogP contribution in [0.15, 0.2) is 36.1 Å². The van der Waals surface area contributed by atoms with Gasteiger partial charge in [0.05, 0.1) is 25.3 Å². The number of benzene rings is 2. The van der Waals surface area contributed by atoms with Crippen molar-refractivity contribution < 1.29 is 34.1 Å². The Balaban J connectivity index is 1.36. The zero-order valence-corrected chi connectivity index (χ0v) is 17.1. The molecule has 0 aliphatic carbocycles. The average molecular weight is 424 g/mol. The summed E-state index contributed by atoms with van der Waals surface area (Å²) in [4.78, 5) is 16.4. The lowest BCUT2D eigenvalue weighted by atomic mass is 10.0. The highest BCUT2D eigenvalue weighted by Gasteiger charge is 2.32. The minimum Gasteiger partial charge on any atom is -0.872 e. The minimum absolute atomic E-state index is 0.110. The van der Waals surface area contributed by atoms with Crippen LogP contribution in [0.2, 0.25) is 0 Å². The van der Waals surface area contributed by atoms with E-state index in [0.29, 0.717) is 41.5 Å². The van der Waals surface area contributed by atoms with E-state index >= 15 is 0 Å². The number of ether oxygens (including phenoxy) is 3. The highest BCUT2D eigenvalue weighted by atomic mass is 16.7. The number of β-amino-alcohol motifs (C(OH)–C–C–N with tert-alkyl or cyclic N) is 1. The molecule has 0 unspecified atom stereocenters. The first-order chi connectivity index (χ1) is 15.1. The Kier molecular flexibility index (Phi) is 5.27. The van der Waals surface area contributed by atoms with Crippen molar-refractivity contribution in [1.29, 1.82) is 0 Å². The van der Waals surface area contributed by atoms with E-state index in [0.717, 1.165) is 31.7 Å². The summed E-state index contributed by atoms with van der Waals surface area (Å²) in [6.45, 7) is 5.01. The monoisotopic (exact) mass is 424 g/mol. The third-order valence-corrected chi connectivity index (χ3v) is 6.00. The third kappa shape index (κ3) is 3.85. The summed E-state index contributed by atoms with van der Waals surface area (Å²) in [5.41, 5.74) is 1.74. The van der Waals surface area contributed by atoms with Gasteiger partial charge < -0.3 is 29.3 Å². The number of rotatable bonds is 5. The largest absolute Gasteiger partial charge is 0.872 e. The number of fused-ring (bicyclic) bond motifs is 2. The van der Waals surface area contributed by atoms with Crippen molar-refractivity contribution in [3.8, 4) is 23.0 Å². The molecule has 1 fully saturated rings. The molecule has 0 radical (unpaired) electrons. The number of carbonyl (C=O) groups is 1. The van der Waals surface area contributed by atoms with Gasteiger partial charge in [0.15, 0.2) is 17.3 Å². The molecule has 0 saturated carbocycles. The van der Waals surface area contributed by atoms with Crippen molar-refractivity contribution in [2.24, 2.45) is 0 Å². The van der Waals surface area contributed by atoms with Crippen LogP contribution in [0.5, 0.6) is 23.0 Å². The van der Waals surface area contributed by atoms with Gasteiger partial charge in [0.25, 0.3) is 0 Å². The second kappa shape index (κ2) is 8.22. The molecule has 1 saturated heterocycles. The Labute approximate surface area is 179 Å². The predicted molar refractivity (Wildman–Crippen MR) is 109 cm³/mol. The van der Waals surface area contributed by atoms with Gasteiger partial charge in [-0.15, -0.1) is 0 Å². The Morgan fingerprint density at radius 1 is 1.13 bits per heavy atom. The van der Waals surface area contributed by atoms with Gasteiger partial charge in [0.2, 0.25) is 12.6 Å². The van der Waals surface area contributed by atoms with E-state index in [1.54, 1.807) is 24.3 Å². The van der Waals surface area contributed by atoms with E-state index < -0.39 is 0 Å². The van der Waals surface area contributed by atoms with Gasteiger partial charge in [0, 0.05) is 25.2 Å². The minimum atomic E-state index is -0.225. The Morgan fingerprint density at radius 3 is 2.74 bits per heavy atom. The van der Waals surface area contributed by atoms with Crippen LogP contribution in [0.1, 0.15) is 21.5 Å². The maximum atomic E-state index is 12.9. The first-order valence-corrected chi connectivity index (χ1v) is 10.5. The number of nitrogens with one attached hydrogen (secondary N) is 1. The van der Waals surface area contributed by atoms with Gasteiger partial charge in [-0.2, -0.15) is 0 Å². The first kappa shape index (κ1) is 19.9. The number of quaternary nitrogens is 1. The van der Waals surface area contributed by atoms with Gasteiger partial charge in [-0.25, -0.2) is 0 Å². The van der Waals surface area contributed by atoms with E-state index in [1.165, 1.54) is 11.0 Å². The highest BCUT2D eigenvalue weighted by molar-refractivity contribution is 6.15. The van der Waals surface area contributed by atoms with Crippen LogP contribution in [0.4, 0.5) is 0 Å². The van der Waals surface area contributed by atoms with Crippen LogP contribution in [0.3, 0.4) is 0 Å². The summed E-state index contributed by atoms with van der Waals surface area (Å²) in [6, 6.07) is 8.43. The number of piperazine rings is 1. The fourth-order valence-electron chi connectivity index (χ4n) is 4.27. The summed E-state index contributed by atoms with van der Waals surface area (Å²) in [6.07, 6.45) is 1.67. The fourth-order valence-corrected chi connectivity index (χ4v) is 4.27. The average Bonchev–Trinajstić information content (AvgIpc) is 3.36. The first-order valence-electron chi connectivity index (χ1n) is 10.5. The number of ketones is 1. The number of hydrogen-bond donors (Lipinski definition) is 2. The molecule has 2 aromatic carbocycles. The molecular weight excluding hydrogens is 400 g/mol. The van der Waals surface area contributed by atoms with Gasteiger partial charge in [-0.3, -0.25) is 9.69 Å². The highest BCUT2D eigenvalue weighted by Crippen LogP contribution is 2.39. The Bertz CT molecular complexity index is 1040. The number of aliphatic hydroxyl groups is 1. The molecular formula is C23H24N2O6. The molecule has 8 heteroatoms. The number of aliphatic hydroxyl groups excluding tert-OH is 1. The molecule has 3 aliphatic heterocycles. The summed E-state index contributed by atoms with van der Waals surface area (Å²) < 4.78 is 16.7. The molecule has 3 heterocycles. The molecule has 2 N–H and O–H groups in total. The zero-order valence-electron chi connectivity index (χ0n) is 17.1. The standard InChI is InChI=1S/C23H24N2O6/c26-10-9-24-5-7-25(8-6-24)13-17-18(27)3-2-16-22(28)21(31-23(16)17)12-15-1-4-19-20(11-15)30-14-29-19/h1-4,11-12,26-27H,5-10,13-14H2/b21-12-. The number of nitrogens with zero attached hydrogens (tertiary/aromatic N) is 1.